The number of carbonyl (C=O) groups excluding carboxylic acids is 1. The van der Waals surface area contributed by atoms with E-state index in [-0.39, 0.29) is 18.0 Å². The van der Waals surface area contributed by atoms with Crippen molar-refractivity contribution in [2.45, 2.75) is 13.5 Å². The fourth-order valence-corrected chi connectivity index (χ4v) is 3.64. The van der Waals surface area contributed by atoms with Crippen LogP contribution in [0.1, 0.15) is 21.5 Å². The summed E-state index contributed by atoms with van der Waals surface area (Å²) in [5.41, 5.74) is 2.14. The van der Waals surface area contributed by atoms with E-state index in [1.165, 1.54) is 0 Å². The molecule has 0 atom stereocenters. The molecule has 5 nitrogen and oxygen atoms in total. The highest BCUT2D eigenvalue weighted by atomic mass is 127. The zero-order chi connectivity index (χ0) is 22.0. The molecule has 0 saturated carbocycles. The third-order valence-electron chi connectivity index (χ3n) is 4.69. The molecule has 0 unspecified atom stereocenters. The molecule has 1 N–H and O–H groups in total. The molecule has 0 fully saturated rings. The SMILES string of the molecule is Cc1c(Oc2ccnc3cc(I)ccc23)cccc1C(=O)NCc1cc(F)nc(F)c1. The van der Waals surface area contributed by atoms with Crippen LogP contribution in [0.15, 0.2) is 60.8 Å². The molecule has 0 bridgehead atoms. The first-order valence-electron chi connectivity index (χ1n) is 9.32. The Morgan fingerprint density at radius 3 is 2.61 bits per heavy atom. The summed E-state index contributed by atoms with van der Waals surface area (Å²) in [6, 6.07) is 15.0. The smallest absolute Gasteiger partial charge is 0.251 e. The number of rotatable bonds is 5. The van der Waals surface area contributed by atoms with Gasteiger partial charge in [0.15, 0.2) is 0 Å². The van der Waals surface area contributed by atoms with Crippen LogP contribution in [0.2, 0.25) is 0 Å². The predicted octanol–water partition coefficient (Wildman–Crippen LogP) is 5.54. The molecule has 31 heavy (non-hydrogen) atoms. The van der Waals surface area contributed by atoms with Gasteiger partial charge in [0, 0.05) is 32.8 Å². The zero-order valence-electron chi connectivity index (χ0n) is 16.3. The first kappa shape index (κ1) is 21.1. The highest BCUT2D eigenvalue weighted by Gasteiger charge is 2.14. The molecule has 1 amide bonds. The quantitative estimate of drug-likeness (QED) is 0.271. The molecule has 4 rings (SSSR count). The summed E-state index contributed by atoms with van der Waals surface area (Å²) in [5, 5.41) is 3.53. The van der Waals surface area contributed by atoms with E-state index in [4.69, 9.17) is 4.74 Å². The van der Waals surface area contributed by atoms with E-state index in [1.807, 2.05) is 18.2 Å². The number of benzene rings is 2. The summed E-state index contributed by atoms with van der Waals surface area (Å²) >= 11 is 2.23. The Morgan fingerprint density at radius 2 is 1.84 bits per heavy atom. The van der Waals surface area contributed by atoms with E-state index in [2.05, 4.69) is 37.9 Å². The summed E-state index contributed by atoms with van der Waals surface area (Å²) in [6.07, 6.45) is 1.67. The molecule has 0 aliphatic rings. The topological polar surface area (TPSA) is 64.1 Å². The second-order valence-corrected chi connectivity index (χ2v) is 8.05. The second kappa shape index (κ2) is 8.93. The Kier molecular flexibility index (Phi) is 6.08. The van der Waals surface area contributed by atoms with Gasteiger partial charge in [0.05, 0.1) is 5.52 Å². The minimum Gasteiger partial charge on any atom is -0.456 e. The number of aromatic nitrogens is 2. The van der Waals surface area contributed by atoms with Crippen LogP contribution in [0, 0.1) is 22.4 Å². The molecule has 0 spiro atoms. The predicted molar refractivity (Wildman–Crippen MR) is 121 cm³/mol. The molecular formula is C23H16F2IN3O2. The average molecular weight is 531 g/mol. The van der Waals surface area contributed by atoms with E-state index in [9.17, 15) is 13.6 Å². The number of nitrogens with zero attached hydrogens (tertiary/aromatic N) is 2. The summed E-state index contributed by atoms with van der Waals surface area (Å²) in [4.78, 5) is 20.1. The largest absolute Gasteiger partial charge is 0.456 e. The van der Waals surface area contributed by atoms with Crippen molar-refractivity contribution in [1.29, 1.82) is 0 Å². The lowest BCUT2D eigenvalue weighted by molar-refractivity contribution is 0.0949. The van der Waals surface area contributed by atoms with Gasteiger partial charge in [0.2, 0.25) is 11.9 Å². The Labute approximate surface area is 190 Å². The van der Waals surface area contributed by atoms with Crippen LogP contribution in [0.3, 0.4) is 0 Å². The highest BCUT2D eigenvalue weighted by molar-refractivity contribution is 14.1. The Hall–Kier alpha value is -3.14. The summed E-state index contributed by atoms with van der Waals surface area (Å²) in [6.45, 7) is 1.75. The molecule has 0 saturated heterocycles. The monoisotopic (exact) mass is 531 g/mol. The van der Waals surface area contributed by atoms with E-state index >= 15 is 0 Å². The van der Waals surface area contributed by atoms with Crippen LogP contribution in [0.4, 0.5) is 8.78 Å². The summed E-state index contributed by atoms with van der Waals surface area (Å²) in [5.74, 6) is -1.09. The maximum atomic E-state index is 13.2. The van der Waals surface area contributed by atoms with Gasteiger partial charge in [-0.25, -0.2) is 0 Å². The van der Waals surface area contributed by atoms with Crippen molar-refractivity contribution in [3.63, 3.8) is 0 Å². The van der Waals surface area contributed by atoms with Crippen LogP contribution in [0.5, 0.6) is 11.5 Å². The maximum Gasteiger partial charge on any atom is 0.251 e. The molecule has 2 aromatic carbocycles. The molecule has 4 aromatic rings. The van der Waals surface area contributed by atoms with Gasteiger partial charge in [-0.15, -0.1) is 0 Å². The fraction of sp³-hybridized carbons (Fsp3) is 0.0870. The molecule has 2 heterocycles. The van der Waals surface area contributed by atoms with Gasteiger partial charge >= 0.3 is 0 Å². The van der Waals surface area contributed by atoms with Crippen molar-refractivity contribution in [2.75, 3.05) is 0 Å². The second-order valence-electron chi connectivity index (χ2n) is 6.80. The number of nitrogens with one attached hydrogen (secondary N) is 1. The Balaban J connectivity index is 1.56. The summed E-state index contributed by atoms with van der Waals surface area (Å²) < 4.78 is 33.7. The van der Waals surface area contributed by atoms with Crippen molar-refractivity contribution in [2.24, 2.45) is 0 Å². The number of carbonyl (C=O) groups is 1. The standard InChI is InChI=1S/C23H16F2IN3O2/c1-13-16(23(30)28-12-14-9-21(24)29-22(25)10-14)3-2-4-19(13)31-20-7-8-27-18-11-15(26)5-6-17(18)20/h2-11H,12H2,1H3,(H,28,30). The maximum absolute atomic E-state index is 13.2. The molecule has 156 valence electrons. The van der Waals surface area contributed by atoms with Crippen molar-refractivity contribution < 1.29 is 18.3 Å². The minimum absolute atomic E-state index is 0.0344. The lowest BCUT2D eigenvalue weighted by Crippen LogP contribution is -2.24. The van der Waals surface area contributed by atoms with Gasteiger partial charge in [-0.1, -0.05) is 6.07 Å². The van der Waals surface area contributed by atoms with Gasteiger partial charge in [-0.3, -0.25) is 9.78 Å². The molecule has 8 heteroatoms. The number of pyridine rings is 2. The van der Waals surface area contributed by atoms with Gasteiger partial charge in [-0.2, -0.15) is 13.8 Å². The number of amides is 1. The lowest BCUT2D eigenvalue weighted by Gasteiger charge is -2.14. The van der Waals surface area contributed by atoms with E-state index < -0.39 is 11.9 Å². The molecule has 0 radical (unpaired) electrons. The van der Waals surface area contributed by atoms with Gasteiger partial charge < -0.3 is 10.1 Å². The lowest BCUT2D eigenvalue weighted by atomic mass is 10.1. The third-order valence-corrected chi connectivity index (χ3v) is 5.36. The summed E-state index contributed by atoms with van der Waals surface area (Å²) in [7, 11) is 0. The van der Waals surface area contributed by atoms with Crippen molar-refractivity contribution in [3.05, 3.63) is 93.0 Å². The Morgan fingerprint density at radius 1 is 1.06 bits per heavy atom. The van der Waals surface area contributed by atoms with Crippen LogP contribution in [-0.4, -0.2) is 15.9 Å². The van der Waals surface area contributed by atoms with Crippen LogP contribution >= 0.6 is 22.6 Å². The number of hydrogen-bond acceptors (Lipinski definition) is 4. The molecule has 2 aromatic heterocycles. The number of hydrogen-bond donors (Lipinski definition) is 1. The van der Waals surface area contributed by atoms with Gasteiger partial charge in [-0.05, 0) is 83.6 Å². The van der Waals surface area contributed by atoms with E-state index in [0.29, 0.717) is 22.6 Å². The number of ether oxygens (including phenoxy) is 1. The van der Waals surface area contributed by atoms with E-state index in [1.54, 1.807) is 37.4 Å². The minimum atomic E-state index is -0.935. The Bertz CT molecular complexity index is 1280. The number of fused-ring (bicyclic) bond motifs is 1. The van der Waals surface area contributed by atoms with Crippen molar-refractivity contribution in [3.8, 4) is 11.5 Å². The first-order valence-corrected chi connectivity index (χ1v) is 10.4. The molecule has 0 aliphatic carbocycles. The van der Waals surface area contributed by atoms with Crippen LogP contribution < -0.4 is 10.1 Å². The zero-order valence-corrected chi connectivity index (χ0v) is 18.5. The first-order chi connectivity index (χ1) is 14.9. The van der Waals surface area contributed by atoms with Crippen molar-refractivity contribution >= 4 is 39.4 Å². The van der Waals surface area contributed by atoms with Crippen LogP contribution in [-0.2, 0) is 6.54 Å². The molecular weight excluding hydrogens is 515 g/mol. The van der Waals surface area contributed by atoms with Crippen molar-refractivity contribution in [1.82, 2.24) is 15.3 Å². The molecule has 0 aliphatic heterocycles. The van der Waals surface area contributed by atoms with Gasteiger partial charge in [0.1, 0.15) is 11.5 Å². The van der Waals surface area contributed by atoms with Gasteiger partial charge in [0.25, 0.3) is 5.91 Å². The fourth-order valence-electron chi connectivity index (χ4n) is 3.17. The number of halogens is 3. The third kappa shape index (κ3) is 4.79. The van der Waals surface area contributed by atoms with Crippen LogP contribution in [0.25, 0.3) is 10.9 Å². The normalized spacial score (nSPS) is 10.8. The highest BCUT2D eigenvalue weighted by Crippen LogP contribution is 2.32. The average Bonchev–Trinajstić information content (AvgIpc) is 2.73. The van der Waals surface area contributed by atoms with E-state index in [0.717, 1.165) is 26.6 Å².